The maximum absolute atomic E-state index is 12.7. The van der Waals surface area contributed by atoms with Crippen LogP contribution in [0.25, 0.3) is 0 Å². The molecule has 5 nitrogen and oxygen atoms in total. The van der Waals surface area contributed by atoms with E-state index in [1.165, 1.54) is 16.9 Å². The highest BCUT2D eigenvalue weighted by atomic mass is 32.1. The van der Waals surface area contributed by atoms with Crippen LogP contribution in [-0.2, 0) is 22.4 Å². The van der Waals surface area contributed by atoms with E-state index in [4.69, 9.17) is 0 Å². The summed E-state index contributed by atoms with van der Waals surface area (Å²) in [5.41, 5.74) is 2.94. The van der Waals surface area contributed by atoms with Crippen LogP contribution in [-0.4, -0.2) is 22.8 Å². The highest BCUT2D eigenvalue weighted by Crippen LogP contribution is 2.33. The third-order valence-corrected chi connectivity index (χ3v) is 5.34. The van der Waals surface area contributed by atoms with Gasteiger partial charge in [0.15, 0.2) is 5.13 Å². The Balaban J connectivity index is 1.44. The summed E-state index contributed by atoms with van der Waals surface area (Å²) in [4.78, 5) is 30.8. The average Bonchev–Trinajstić information content (AvgIpc) is 3.23. The first-order valence-electron chi connectivity index (χ1n) is 8.27. The van der Waals surface area contributed by atoms with Crippen molar-refractivity contribution in [3.8, 4) is 0 Å². The number of benzene rings is 1. The lowest BCUT2D eigenvalue weighted by molar-refractivity contribution is -0.118. The number of amides is 2. The molecule has 0 saturated heterocycles. The number of rotatable bonds is 4. The molecule has 1 atom stereocenters. The van der Waals surface area contributed by atoms with E-state index in [-0.39, 0.29) is 30.2 Å². The molecule has 2 heterocycles. The van der Waals surface area contributed by atoms with Crippen molar-refractivity contribution in [3.63, 3.8) is 0 Å². The number of fused-ring (bicyclic) bond motifs is 1. The van der Waals surface area contributed by atoms with Gasteiger partial charge in [-0.05, 0) is 37.8 Å². The molecule has 0 bridgehead atoms. The Kier molecular flexibility index (Phi) is 3.84. The maximum atomic E-state index is 12.7. The van der Waals surface area contributed by atoms with Gasteiger partial charge in [0, 0.05) is 23.0 Å². The van der Waals surface area contributed by atoms with E-state index in [1.54, 1.807) is 0 Å². The van der Waals surface area contributed by atoms with Gasteiger partial charge in [-0.2, -0.15) is 0 Å². The number of carbonyl (C=O) groups is 2. The van der Waals surface area contributed by atoms with Gasteiger partial charge in [-0.25, -0.2) is 4.98 Å². The van der Waals surface area contributed by atoms with Crippen LogP contribution in [0.3, 0.4) is 0 Å². The highest BCUT2D eigenvalue weighted by Gasteiger charge is 2.31. The van der Waals surface area contributed by atoms with Gasteiger partial charge in [0.05, 0.1) is 12.1 Å². The summed E-state index contributed by atoms with van der Waals surface area (Å²) in [6.45, 7) is 2.07. The summed E-state index contributed by atoms with van der Waals surface area (Å²) in [7, 11) is 0. The lowest BCUT2D eigenvalue weighted by atomic mass is 10.1. The van der Waals surface area contributed by atoms with Crippen molar-refractivity contribution in [1.82, 2.24) is 4.98 Å². The first kappa shape index (κ1) is 15.3. The van der Waals surface area contributed by atoms with Crippen LogP contribution >= 0.6 is 11.3 Å². The quantitative estimate of drug-likeness (QED) is 0.930. The van der Waals surface area contributed by atoms with Crippen molar-refractivity contribution < 1.29 is 9.59 Å². The molecule has 1 aromatic carbocycles. The third kappa shape index (κ3) is 2.94. The van der Waals surface area contributed by atoms with E-state index in [9.17, 15) is 9.59 Å². The van der Waals surface area contributed by atoms with Crippen molar-refractivity contribution in [2.75, 3.05) is 10.2 Å². The molecule has 2 aliphatic rings. The van der Waals surface area contributed by atoms with Crippen molar-refractivity contribution in [3.05, 3.63) is 40.9 Å². The van der Waals surface area contributed by atoms with Crippen LogP contribution in [0.2, 0.25) is 0 Å². The number of hydrogen-bond acceptors (Lipinski definition) is 4. The summed E-state index contributed by atoms with van der Waals surface area (Å²) >= 11 is 1.38. The zero-order chi connectivity index (χ0) is 16.7. The molecule has 1 aliphatic carbocycles. The standard InChI is InChI=1S/C18H19N3O2S/c1-11-8-13-4-2-3-5-15(13)21(11)16(22)9-14-10-24-18(19-14)20-17(23)12-6-7-12/h2-5,10-12H,6-9H2,1H3,(H,19,20,23). The summed E-state index contributed by atoms with van der Waals surface area (Å²) in [6, 6.07) is 8.22. The number of nitrogens with zero attached hydrogens (tertiary/aromatic N) is 2. The largest absolute Gasteiger partial charge is 0.309 e. The van der Waals surface area contributed by atoms with Crippen molar-refractivity contribution >= 4 is 34.0 Å². The molecule has 2 amide bonds. The monoisotopic (exact) mass is 341 g/mol. The summed E-state index contributed by atoms with van der Waals surface area (Å²) in [6.07, 6.45) is 3.08. The Hall–Kier alpha value is -2.21. The first-order chi connectivity index (χ1) is 11.6. The predicted molar refractivity (Wildman–Crippen MR) is 94.3 cm³/mol. The number of aromatic nitrogens is 1. The topological polar surface area (TPSA) is 62.3 Å². The molecule has 2 aromatic rings. The molecule has 1 aliphatic heterocycles. The van der Waals surface area contributed by atoms with Gasteiger partial charge >= 0.3 is 0 Å². The minimum Gasteiger partial charge on any atom is -0.309 e. The fourth-order valence-corrected chi connectivity index (χ4v) is 3.90. The lowest BCUT2D eigenvalue weighted by Gasteiger charge is -2.22. The molecule has 1 aromatic heterocycles. The molecule has 6 heteroatoms. The van der Waals surface area contributed by atoms with Crippen LogP contribution in [0.15, 0.2) is 29.6 Å². The fourth-order valence-electron chi connectivity index (χ4n) is 3.18. The zero-order valence-corrected chi connectivity index (χ0v) is 14.3. The summed E-state index contributed by atoms with van der Waals surface area (Å²) in [5, 5.41) is 5.28. The Morgan fingerprint density at radius 1 is 1.33 bits per heavy atom. The lowest BCUT2D eigenvalue weighted by Crippen LogP contribution is -2.36. The van der Waals surface area contributed by atoms with Gasteiger partial charge < -0.3 is 10.2 Å². The zero-order valence-electron chi connectivity index (χ0n) is 13.5. The van der Waals surface area contributed by atoms with Gasteiger partial charge in [-0.15, -0.1) is 11.3 Å². The minimum absolute atomic E-state index is 0.0457. The van der Waals surface area contributed by atoms with Crippen LogP contribution < -0.4 is 10.2 Å². The smallest absolute Gasteiger partial charge is 0.233 e. The van der Waals surface area contributed by atoms with Crippen LogP contribution in [0.4, 0.5) is 10.8 Å². The predicted octanol–water partition coefficient (Wildman–Crippen LogP) is 3.01. The van der Waals surface area contributed by atoms with Crippen molar-refractivity contribution in [2.24, 2.45) is 5.92 Å². The van der Waals surface area contributed by atoms with Gasteiger partial charge in [0.1, 0.15) is 0 Å². The molecule has 1 N–H and O–H groups in total. The van der Waals surface area contributed by atoms with E-state index in [0.717, 1.165) is 24.9 Å². The summed E-state index contributed by atoms with van der Waals surface area (Å²) < 4.78 is 0. The molecule has 0 spiro atoms. The van der Waals surface area contributed by atoms with Crippen LogP contribution in [0, 0.1) is 5.92 Å². The molecule has 24 heavy (non-hydrogen) atoms. The second-order valence-electron chi connectivity index (χ2n) is 6.53. The molecule has 1 fully saturated rings. The van der Waals surface area contributed by atoms with E-state index in [2.05, 4.69) is 23.3 Å². The molecule has 1 unspecified atom stereocenters. The number of anilines is 2. The Bertz CT molecular complexity index is 797. The third-order valence-electron chi connectivity index (χ3n) is 4.54. The SMILES string of the molecule is CC1Cc2ccccc2N1C(=O)Cc1csc(NC(=O)C2CC2)n1. The van der Waals surface area contributed by atoms with Gasteiger partial charge in [0.25, 0.3) is 0 Å². The molecule has 124 valence electrons. The first-order valence-corrected chi connectivity index (χ1v) is 9.15. The van der Waals surface area contributed by atoms with E-state index in [0.29, 0.717) is 10.8 Å². The number of nitrogens with one attached hydrogen (secondary N) is 1. The van der Waals surface area contributed by atoms with Gasteiger partial charge in [-0.3, -0.25) is 9.59 Å². The van der Waals surface area contributed by atoms with Gasteiger partial charge in [-0.1, -0.05) is 18.2 Å². The number of carbonyl (C=O) groups excluding carboxylic acids is 2. The normalized spacial score (nSPS) is 19.2. The second kappa shape index (κ2) is 6.02. The van der Waals surface area contributed by atoms with Crippen LogP contribution in [0.1, 0.15) is 31.0 Å². The molecule has 4 rings (SSSR count). The van der Waals surface area contributed by atoms with Crippen molar-refractivity contribution in [2.45, 2.75) is 38.6 Å². The Morgan fingerprint density at radius 3 is 2.92 bits per heavy atom. The number of hydrogen-bond donors (Lipinski definition) is 1. The highest BCUT2D eigenvalue weighted by molar-refractivity contribution is 7.13. The van der Waals surface area contributed by atoms with E-state index in [1.807, 2.05) is 28.5 Å². The average molecular weight is 341 g/mol. The molecule has 1 saturated carbocycles. The second-order valence-corrected chi connectivity index (χ2v) is 7.39. The fraction of sp³-hybridized carbons (Fsp3) is 0.389. The number of thiazole rings is 1. The Morgan fingerprint density at radius 2 is 2.12 bits per heavy atom. The van der Waals surface area contributed by atoms with E-state index >= 15 is 0 Å². The molecular weight excluding hydrogens is 322 g/mol. The van der Waals surface area contributed by atoms with Crippen molar-refractivity contribution in [1.29, 1.82) is 0 Å². The number of para-hydroxylation sites is 1. The Labute approximate surface area is 144 Å². The maximum Gasteiger partial charge on any atom is 0.233 e. The summed E-state index contributed by atoms with van der Waals surface area (Å²) in [5.74, 6) is 0.253. The van der Waals surface area contributed by atoms with Gasteiger partial charge in [0.2, 0.25) is 11.8 Å². The molecule has 0 radical (unpaired) electrons. The van der Waals surface area contributed by atoms with Crippen LogP contribution in [0.5, 0.6) is 0 Å². The van der Waals surface area contributed by atoms with E-state index < -0.39 is 0 Å². The minimum atomic E-state index is 0.0457. The molecular formula is C18H19N3O2S.